The third kappa shape index (κ3) is 2.93. The van der Waals surface area contributed by atoms with Crippen LogP contribution < -0.4 is 10.2 Å². The van der Waals surface area contributed by atoms with E-state index in [0.29, 0.717) is 0 Å². The Morgan fingerprint density at radius 2 is 2.20 bits per heavy atom. The van der Waals surface area contributed by atoms with E-state index in [0.717, 1.165) is 32.0 Å². The SMILES string of the molecule is C.Cc1cccnc1N1CCCNCC1. The number of hydrogen-bond donors (Lipinski definition) is 1. The maximum absolute atomic E-state index is 4.44. The van der Waals surface area contributed by atoms with Crippen molar-refractivity contribution in [1.82, 2.24) is 10.3 Å². The van der Waals surface area contributed by atoms with E-state index >= 15 is 0 Å². The van der Waals surface area contributed by atoms with Gasteiger partial charge in [-0.15, -0.1) is 0 Å². The first-order valence-electron chi connectivity index (χ1n) is 5.25. The third-order valence-electron chi connectivity index (χ3n) is 2.62. The number of rotatable bonds is 1. The topological polar surface area (TPSA) is 28.2 Å². The molecule has 0 atom stereocenters. The molecule has 0 aromatic carbocycles. The average molecular weight is 207 g/mol. The van der Waals surface area contributed by atoms with Gasteiger partial charge >= 0.3 is 0 Å². The number of nitrogens with zero attached hydrogens (tertiary/aromatic N) is 2. The first kappa shape index (κ1) is 12.0. The molecule has 1 fully saturated rings. The summed E-state index contributed by atoms with van der Waals surface area (Å²) >= 11 is 0. The predicted molar refractivity (Wildman–Crippen MR) is 65.4 cm³/mol. The lowest BCUT2D eigenvalue weighted by Crippen LogP contribution is -2.29. The van der Waals surface area contributed by atoms with Gasteiger partial charge in [0.05, 0.1) is 0 Å². The molecule has 3 nitrogen and oxygen atoms in total. The monoisotopic (exact) mass is 207 g/mol. The highest BCUT2D eigenvalue weighted by atomic mass is 15.2. The maximum atomic E-state index is 4.44. The minimum absolute atomic E-state index is 0. The summed E-state index contributed by atoms with van der Waals surface area (Å²) in [6.07, 6.45) is 3.08. The highest BCUT2D eigenvalue weighted by Crippen LogP contribution is 2.16. The quantitative estimate of drug-likeness (QED) is 0.761. The van der Waals surface area contributed by atoms with Crippen LogP contribution in [0, 0.1) is 6.92 Å². The zero-order valence-corrected chi connectivity index (χ0v) is 8.66. The molecule has 1 saturated heterocycles. The van der Waals surface area contributed by atoms with Gasteiger partial charge in [-0.1, -0.05) is 13.5 Å². The van der Waals surface area contributed by atoms with Gasteiger partial charge < -0.3 is 10.2 Å². The number of nitrogens with one attached hydrogen (secondary N) is 1. The van der Waals surface area contributed by atoms with Crippen molar-refractivity contribution in [2.75, 3.05) is 31.1 Å². The summed E-state index contributed by atoms with van der Waals surface area (Å²) in [6.45, 7) is 6.50. The Bertz CT molecular complexity index is 291. The molecule has 2 heterocycles. The molecule has 1 aromatic rings. The van der Waals surface area contributed by atoms with Crippen molar-refractivity contribution in [3.05, 3.63) is 23.9 Å². The zero-order chi connectivity index (χ0) is 9.80. The number of pyridine rings is 1. The fraction of sp³-hybridized carbons (Fsp3) is 0.583. The van der Waals surface area contributed by atoms with Crippen molar-refractivity contribution in [2.45, 2.75) is 20.8 Å². The number of anilines is 1. The van der Waals surface area contributed by atoms with E-state index in [2.05, 4.69) is 28.2 Å². The van der Waals surface area contributed by atoms with Gasteiger partial charge in [0.15, 0.2) is 0 Å². The standard InChI is InChI=1S/C11H17N3.CH4/c1-10-4-2-6-13-11(10)14-8-3-5-12-7-9-14;/h2,4,6,12H,3,5,7-9H2,1H3;1H4. The van der Waals surface area contributed by atoms with E-state index in [4.69, 9.17) is 0 Å². The molecule has 3 heteroatoms. The van der Waals surface area contributed by atoms with Crippen molar-refractivity contribution < 1.29 is 0 Å². The lowest BCUT2D eigenvalue weighted by molar-refractivity contribution is 0.724. The minimum Gasteiger partial charge on any atom is -0.355 e. The van der Waals surface area contributed by atoms with Gasteiger partial charge in [-0.3, -0.25) is 0 Å². The Balaban J connectivity index is 0.00000112. The van der Waals surface area contributed by atoms with Crippen molar-refractivity contribution in [1.29, 1.82) is 0 Å². The van der Waals surface area contributed by atoms with Crippen LogP contribution in [0.5, 0.6) is 0 Å². The van der Waals surface area contributed by atoms with E-state index in [-0.39, 0.29) is 7.43 Å². The molecule has 0 aliphatic carbocycles. The second kappa shape index (κ2) is 5.71. The molecule has 0 unspecified atom stereocenters. The second-order valence-electron chi connectivity index (χ2n) is 3.73. The van der Waals surface area contributed by atoms with Gasteiger partial charge in [-0.05, 0) is 31.5 Å². The smallest absolute Gasteiger partial charge is 0.131 e. The van der Waals surface area contributed by atoms with Crippen LogP contribution in [-0.2, 0) is 0 Å². The van der Waals surface area contributed by atoms with Crippen LogP contribution >= 0.6 is 0 Å². The second-order valence-corrected chi connectivity index (χ2v) is 3.73. The normalized spacial score (nSPS) is 16.7. The highest BCUT2D eigenvalue weighted by molar-refractivity contribution is 5.45. The van der Waals surface area contributed by atoms with Crippen molar-refractivity contribution >= 4 is 5.82 Å². The molecule has 1 aliphatic heterocycles. The molecule has 0 amide bonds. The largest absolute Gasteiger partial charge is 0.355 e. The van der Waals surface area contributed by atoms with E-state index in [1.165, 1.54) is 12.0 Å². The lowest BCUT2D eigenvalue weighted by Gasteiger charge is -2.22. The average Bonchev–Trinajstić information content (AvgIpc) is 2.47. The molecule has 0 saturated carbocycles. The van der Waals surface area contributed by atoms with Crippen LogP contribution in [0.4, 0.5) is 5.82 Å². The molecular formula is C12H21N3. The number of aromatic nitrogens is 1. The Hall–Kier alpha value is -1.09. The van der Waals surface area contributed by atoms with E-state index in [9.17, 15) is 0 Å². The van der Waals surface area contributed by atoms with E-state index in [1.807, 2.05) is 12.3 Å². The molecule has 0 bridgehead atoms. The third-order valence-corrected chi connectivity index (χ3v) is 2.62. The maximum Gasteiger partial charge on any atom is 0.131 e. The summed E-state index contributed by atoms with van der Waals surface area (Å²) in [5.74, 6) is 1.15. The van der Waals surface area contributed by atoms with Crippen LogP contribution in [0.1, 0.15) is 19.4 Å². The van der Waals surface area contributed by atoms with Gasteiger partial charge in [-0.25, -0.2) is 4.98 Å². The summed E-state index contributed by atoms with van der Waals surface area (Å²) < 4.78 is 0. The van der Waals surface area contributed by atoms with Crippen molar-refractivity contribution in [2.24, 2.45) is 0 Å². The molecule has 0 radical (unpaired) electrons. The summed E-state index contributed by atoms with van der Waals surface area (Å²) in [6, 6.07) is 4.12. The fourth-order valence-corrected chi connectivity index (χ4v) is 1.87. The minimum atomic E-state index is 0. The van der Waals surface area contributed by atoms with Crippen LogP contribution in [0.25, 0.3) is 0 Å². The van der Waals surface area contributed by atoms with Crippen molar-refractivity contribution in [3.8, 4) is 0 Å². The molecular weight excluding hydrogens is 186 g/mol. The Kier molecular flexibility index (Phi) is 4.56. The van der Waals surface area contributed by atoms with Gasteiger partial charge in [0, 0.05) is 25.8 Å². The van der Waals surface area contributed by atoms with Gasteiger partial charge in [0.25, 0.3) is 0 Å². The van der Waals surface area contributed by atoms with Gasteiger partial charge in [0.1, 0.15) is 5.82 Å². The molecule has 84 valence electrons. The van der Waals surface area contributed by atoms with Gasteiger partial charge in [0.2, 0.25) is 0 Å². The van der Waals surface area contributed by atoms with Crippen LogP contribution in [0.3, 0.4) is 0 Å². The molecule has 2 rings (SSSR count). The highest BCUT2D eigenvalue weighted by Gasteiger charge is 2.11. The summed E-state index contributed by atoms with van der Waals surface area (Å²) in [4.78, 5) is 6.81. The van der Waals surface area contributed by atoms with E-state index in [1.54, 1.807) is 0 Å². The summed E-state index contributed by atoms with van der Waals surface area (Å²) in [7, 11) is 0. The number of aryl methyl sites for hydroxylation is 1. The first-order valence-corrected chi connectivity index (χ1v) is 5.25. The Morgan fingerprint density at radius 1 is 1.33 bits per heavy atom. The summed E-state index contributed by atoms with van der Waals surface area (Å²) in [5.41, 5.74) is 1.27. The van der Waals surface area contributed by atoms with Crippen LogP contribution in [0.15, 0.2) is 18.3 Å². The predicted octanol–water partition coefficient (Wildman–Crippen LogP) is 1.83. The molecule has 1 aliphatic rings. The van der Waals surface area contributed by atoms with Crippen molar-refractivity contribution in [3.63, 3.8) is 0 Å². The van der Waals surface area contributed by atoms with Crippen LogP contribution in [0.2, 0.25) is 0 Å². The first-order chi connectivity index (χ1) is 6.88. The number of hydrogen-bond acceptors (Lipinski definition) is 3. The molecule has 1 N–H and O–H groups in total. The molecule has 15 heavy (non-hydrogen) atoms. The molecule has 0 spiro atoms. The van der Waals surface area contributed by atoms with E-state index < -0.39 is 0 Å². The molecule has 1 aromatic heterocycles. The lowest BCUT2D eigenvalue weighted by atomic mass is 10.2. The zero-order valence-electron chi connectivity index (χ0n) is 8.66. The Morgan fingerprint density at radius 3 is 3.00 bits per heavy atom. The Labute approximate surface area is 92.5 Å². The van der Waals surface area contributed by atoms with Gasteiger partial charge in [-0.2, -0.15) is 0 Å². The summed E-state index contributed by atoms with van der Waals surface area (Å²) in [5, 5.41) is 3.40. The van der Waals surface area contributed by atoms with Crippen LogP contribution in [-0.4, -0.2) is 31.2 Å². The fourth-order valence-electron chi connectivity index (χ4n) is 1.87.